The minimum atomic E-state index is -2.29. The molecule has 2 amide bonds. The fraction of sp³-hybridized carbons (Fsp3) is 0.727. The quantitative estimate of drug-likeness (QED) is 0.414. The van der Waals surface area contributed by atoms with Crippen LogP contribution < -0.4 is 0 Å². The maximum Gasteiger partial charge on any atom is 0.362 e. The molecular weight excluding hydrogens is 229 g/mol. The Morgan fingerprint density at radius 1 is 1.41 bits per heavy atom. The summed E-state index contributed by atoms with van der Waals surface area (Å²) in [6.07, 6.45) is -0.292. The van der Waals surface area contributed by atoms with E-state index in [0.717, 1.165) is 6.42 Å². The third-order valence-electron chi connectivity index (χ3n) is 3.33. The fourth-order valence-electron chi connectivity index (χ4n) is 2.56. The normalized spacial score (nSPS) is 29.4. The second-order valence-electron chi connectivity index (χ2n) is 4.28. The highest BCUT2D eigenvalue weighted by molar-refractivity contribution is 6.07. The zero-order valence-electron chi connectivity index (χ0n) is 9.52. The van der Waals surface area contributed by atoms with Crippen LogP contribution in [-0.2, 0) is 19.1 Å². The van der Waals surface area contributed by atoms with Crippen LogP contribution in [0.5, 0.6) is 0 Å². The van der Waals surface area contributed by atoms with Crippen LogP contribution in [0.3, 0.4) is 0 Å². The van der Waals surface area contributed by atoms with E-state index in [1.165, 1.54) is 6.92 Å². The van der Waals surface area contributed by atoms with Gasteiger partial charge in [0.05, 0.1) is 18.4 Å². The number of carbonyl (C=O) groups is 3. The van der Waals surface area contributed by atoms with Crippen molar-refractivity contribution in [3.8, 4) is 0 Å². The predicted molar refractivity (Wildman–Crippen MR) is 54.2 cm³/mol. The molecule has 0 radical (unpaired) electrons. The summed E-state index contributed by atoms with van der Waals surface area (Å²) in [6.45, 7) is 1.55. The molecule has 0 aromatic rings. The molecule has 0 spiro atoms. The number of esters is 1. The highest BCUT2D eigenvalue weighted by Gasteiger charge is 2.53. The Bertz CT molecular complexity index is 348. The predicted octanol–water partition coefficient (Wildman–Crippen LogP) is 0.630. The number of imide groups is 1. The molecule has 5 nitrogen and oxygen atoms in total. The van der Waals surface area contributed by atoms with Gasteiger partial charge in [0.15, 0.2) is 0 Å². The molecule has 0 aromatic carbocycles. The third-order valence-corrected chi connectivity index (χ3v) is 3.33. The highest BCUT2D eigenvalue weighted by atomic mass is 19.1. The first-order valence-electron chi connectivity index (χ1n) is 5.75. The van der Waals surface area contributed by atoms with Gasteiger partial charge in [0.2, 0.25) is 11.8 Å². The van der Waals surface area contributed by atoms with Crippen molar-refractivity contribution in [3.63, 3.8) is 0 Å². The second kappa shape index (κ2) is 4.43. The van der Waals surface area contributed by atoms with Gasteiger partial charge in [-0.15, -0.1) is 0 Å². The summed E-state index contributed by atoms with van der Waals surface area (Å²) in [6, 6.07) is 0. The van der Waals surface area contributed by atoms with E-state index in [4.69, 9.17) is 0 Å². The summed E-state index contributed by atoms with van der Waals surface area (Å²) in [4.78, 5) is 35.2. The van der Waals surface area contributed by atoms with Gasteiger partial charge in [0, 0.05) is 0 Å². The van der Waals surface area contributed by atoms with Crippen LogP contribution in [-0.4, -0.2) is 35.6 Å². The molecule has 1 aliphatic heterocycles. The molecule has 6 heteroatoms. The molecule has 2 rings (SSSR count). The standard InChI is InChI=1S/C11H14FNO4/c1-2-17-11(16)8(12)13-9(14)6-4-3-5-7(6)10(13)15/h6-8H,2-5H2,1H3. The topological polar surface area (TPSA) is 63.7 Å². The summed E-state index contributed by atoms with van der Waals surface area (Å²) >= 11 is 0. The summed E-state index contributed by atoms with van der Waals surface area (Å²) in [5, 5.41) is 0. The minimum Gasteiger partial charge on any atom is -0.462 e. The summed E-state index contributed by atoms with van der Waals surface area (Å²) in [5.41, 5.74) is 0. The first-order valence-corrected chi connectivity index (χ1v) is 5.75. The Hall–Kier alpha value is -1.46. The average Bonchev–Trinajstić information content (AvgIpc) is 2.84. The number of amides is 2. The Balaban J connectivity index is 2.14. The number of hydrogen-bond acceptors (Lipinski definition) is 4. The Labute approximate surface area is 97.9 Å². The van der Waals surface area contributed by atoms with Gasteiger partial charge in [-0.25, -0.2) is 14.1 Å². The van der Waals surface area contributed by atoms with E-state index in [1.807, 2.05) is 0 Å². The lowest BCUT2D eigenvalue weighted by Crippen LogP contribution is -2.43. The van der Waals surface area contributed by atoms with Crippen LogP contribution in [0.15, 0.2) is 0 Å². The lowest BCUT2D eigenvalue weighted by atomic mass is 10.00. The van der Waals surface area contributed by atoms with Crippen molar-refractivity contribution in [2.24, 2.45) is 11.8 Å². The van der Waals surface area contributed by atoms with Crippen molar-refractivity contribution in [3.05, 3.63) is 0 Å². The molecule has 1 saturated carbocycles. The van der Waals surface area contributed by atoms with Crippen molar-refractivity contribution in [2.75, 3.05) is 6.61 Å². The first kappa shape index (κ1) is 12.0. The van der Waals surface area contributed by atoms with E-state index in [9.17, 15) is 18.8 Å². The number of hydrogen-bond donors (Lipinski definition) is 0. The van der Waals surface area contributed by atoms with Crippen molar-refractivity contribution < 1.29 is 23.5 Å². The largest absolute Gasteiger partial charge is 0.462 e. The Morgan fingerprint density at radius 3 is 2.41 bits per heavy atom. The Morgan fingerprint density at radius 2 is 1.94 bits per heavy atom. The van der Waals surface area contributed by atoms with Crippen LogP contribution >= 0.6 is 0 Å². The molecule has 1 aliphatic carbocycles. The van der Waals surface area contributed by atoms with Gasteiger partial charge < -0.3 is 4.74 Å². The first-order chi connectivity index (χ1) is 8.07. The lowest BCUT2D eigenvalue weighted by Gasteiger charge is -2.18. The van der Waals surface area contributed by atoms with E-state index >= 15 is 0 Å². The zero-order valence-corrected chi connectivity index (χ0v) is 9.52. The smallest absolute Gasteiger partial charge is 0.362 e. The van der Waals surface area contributed by atoms with Crippen molar-refractivity contribution >= 4 is 17.8 Å². The number of fused-ring (bicyclic) bond motifs is 1. The van der Waals surface area contributed by atoms with Gasteiger partial charge in [-0.3, -0.25) is 9.59 Å². The summed E-state index contributed by atoms with van der Waals surface area (Å²) in [5.74, 6) is -3.18. The van der Waals surface area contributed by atoms with Gasteiger partial charge >= 0.3 is 5.97 Å². The molecule has 17 heavy (non-hydrogen) atoms. The number of rotatable bonds is 3. The molecule has 1 saturated heterocycles. The van der Waals surface area contributed by atoms with E-state index in [0.29, 0.717) is 17.7 Å². The monoisotopic (exact) mass is 243 g/mol. The molecule has 3 atom stereocenters. The molecule has 0 bridgehead atoms. The number of ether oxygens (including phenoxy) is 1. The minimum absolute atomic E-state index is 0.0162. The number of halogens is 1. The van der Waals surface area contributed by atoms with E-state index < -0.39 is 35.9 Å². The maximum atomic E-state index is 13.7. The van der Waals surface area contributed by atoms with Gasteiger partial charge in [0.1, 0.15) is 0 Å². The molecule has 2 fully saturated rings. The lowest BCUT2D eigenvalue weighted by molar-refractivity contribution is -0.166. The average molecular weight is 243 g/mol. The molecule has 94 valence electrons. The molecule has 0 aromatic heterocycles. The number of carbonyl (C=O) groups excluding carboxylic acids is 3. The highest BCUT2D eigenvalue weighted by Crippen LogP contribution is 2.40. The summed E-state index contributed by atoms with van der Waals surface area (Å²) in [7, 11) is 0. The molecule has 1 heterocycles. The van der Waals surface area contributed by atoms with Crippen LogP contribution in [0.25, 0.3) is 0 Å². The molecule has 0 N–H and O–H groups in total. The SMILES string of the molecule is CCOC(=O)C(F)N1C(=O)C2CCCC2C1=O. The van der Waals surface area contributed by atoms with Crippen LogP contribution in [0.4, 0.5) is 4.39 Å². The van der Waals surface area contributed by atoms with E-state index in [1.54, 1.807) is 0 Å². The molecular formula is C11H14FNO4. The Kier molecular flexibility index (Phi) is 3.13. The summed E-state index contributed by atoms with van der Waals surface area (Å²) < 4.78 is 18.2. The van der Waals surface area contributed by atoms with Gasteiger partial charge in [-0.2, -0.15) is 0 Å². The number of likely N-dealkylation sites (tertiary alicyclic amines) is 1. The number of nitrogens with zero attached hydrogens (tertiary/aromatic N) is 1. The molecule has 3 unspecified atom stereocenters. The maximum absolute atomic E-state index is 13.7. The number of alkyl halides is 1. The fourth-order valence-corrected chi connectivity index (χ4v) is 2.56. The van der Waals surface area contributed by atoms with Crippen molar-refractivity contribution in [2.45, 2.75) is 32.5 Å². The van der Waals surface area contributed by atoms with E-state index in [-0.39, 0.29) is 6.61 Å². The van der Waals surface area contributed by atoms with E-state index in [2.05, 4.69) is 4.74 Å². The zero-order chi connectivity index (χ0) is 12.6. The van der Waals surface area contributed by atoms with Gasteiger partial charge in [-0.05, 0) is 19.8 Å². The van der Waals surface area contributed by atoms with Crippen molar-refractivity contribution in [1.82, 2.24) is 4.90 Å². The van der Waals surface area contributed by atoms with Crippen molar-refractivity contribution in [1.29, 1.82) is 0 Å². The van der Waals surface area contributed by atoms with Gasteiger partial charge in [0.25, 0.3) is 6.30 Å². The van der Waals surface area contributed by atoms with Crippen LogP contribution in [0.2, 0.25) is 0 Å². The van der Waals surface area contributed by atoms with Crippen LogP contribution in [0.1, 0.15) is 26.2 Å². The van der Waals surface area contributed by atoms with Crippen LogP contribution in [0, 0.1) is 11.8 Å². The molecule has 2 aliphatic rings. The second-order valence-corrected chi connectivity index (χ2v) is 4.28. The third kappa shape index (κ3) is 1.81. The van der Waals surface area contributed by atoms with Gasteiger partial charge in [-0.1, -0.05) is 6.42 Å².